The van der Waals surface area contributed by atoms with Gasteiger partial charge in [-0.3, -0.25) is 4.79 Å². The molecule has 2 rings (SSSR count). The molecule has 3 nitrogen and oxygen atoms in total. The van der Waals surface area contributed by atoms with Crippen LogP contribution in [-0.2, 0) is 10.2 Å². The molecule has 25 heavy (non-hydrogen) atoms. The second-order valence-electron chi connectivity index (χ2n) is 6.99. The Hall–Kier alpha value is -1.94. The van der Waals surface area contributed by atoms with E-state index in [0.29, 0.717) is 13.2 Å². The SMILES string of the molecule is CC(Sc1ccccc1)C(=O)NCCOc1ccc(C(C)(C)C)cc1. The molecule has 1 atom stereocenters. The molecule has 1 unspecified atom stereocenters. The van der Waals surface area contributed by atoms with Crippen molar-refractivity contribution in [3.63, 3.8) is 0 Å². The number of nitrogens with one attached hydrogen (secondary N) is 1. The Balaban J connectivity index is 1.70. The van der Waals surface area contributed by atoms with E-state index in [-0.39, 0.29) is 16.6 Å². The predicted octanol–water partition coefficient (Wildman–Crippen LogP) is 4.66. The average Bonchev–Trinajstić information content (AvgIpc) is 2.59. The van der Waals surface area contributed by atoms with Crippen LogP contribution < -0.4 is 10.1 Å². The van der Waals surface area contributed by atoms with Crippen LogP contribution in [-0.4, -0.2) is 24.3 Å². The maximum atomic E-state index is 12.1. The quantitative estimate of drug-likeness (QED) is 0.578. The van der Waals surface area contributed by atoms with Crippen molar-refractivity contribution in [1.82, 2.24) is 5.32 Å². The molecule has 134 valence electrons. The fourth-order valence-corrected chi connectivity index (χ4v) is 3.21. The van der Waals surface area contributed by atoms with Crippen molar-refractivity contribution in [3.8, 4) is 5.75 Å². The van der Waals surface area contributed by atoms with Crippen LogP contribution in [0.15, 0.2) is 59.5 Å². The van der Waals surface area contributed by atoms with Crippen LogP contribution in [0.5, 0.6) is 5.75 Å². The summed E-state index contributed by atoms with van der Waals surface area (Å²) in [5, 5.41) is 2.79. The van der Waals surface area contributed by atoms with Crippen LogP contribution in [0.1, 0.15) is 33.3 Å². The van der Waals surface area contributed by atoms with Crippen LogP contribution in [0.2, 0.25) is 0 Å². The Morgan fingerprint density at radius 1 is 1.08 bits per heavy atom. The molecule has 0 spiro atoms. The highest BCUT2D eigenvalue weighted by atomic mass is 32.2. The van der Waals surface area contributed by atoms with Gasteiger partial charge in [-0.2, -0.15) is 0 Å². The first-order chi connectivity index (χ1) is 11.9. The first-order valence-corrected chi connectivity index (χ1v) is 9.47. The van der Waals surface area contributed by atoms with E-state index in [4.69, 9.17) is 4.74 Å². The second kappa shape index (κ2) is 8.95. The number of benzene rings is 2. The zero-order chi connectivity index (χ0) is 18.3. The number of hydrogen-bond donors (Lipinski definition) is 1. The summed E-state index contributed by atoms with van der Waals surface area (Å²) in [6.07, 6.45) is 0. The molecular formula is C21H27NO2S. The summed E-state index contributed by atoms with van der Waals surface area (Å²) in [7, 11) is 0. The minimum absolute atomic E-state index is 0.0283. The van der Waals surface area contributed by atoms with Gasteiger partial charge in [0.05, 0.1) is 11.8 Å². The number of hydrogen-bond acceptors (Lipinski definition) is 3. The van der Waals surface area contributed by atoms with E-state index in [1.165, 1.54) is 5.56 Å². The number of carbonyl (C=O) groups is 1. The van der Waals surface area contributed by atoms with Gasteiger partial charge in [0.15, 0.2) is 0 Å². The van der Waals surface area contributed by atoms with Crippen molar-refractivity contribution < 1.29 is 9.53 Å². The molecular weight excluding hydrogens is 330 g/mol. The minimum Gasteiger partial charge on any atom is -0.492 e. The van der Waals surface area contributed by atoms with Gasteiger partial charge in [0.2, 0.25) is 5.91 Å². The van der Waals surface area contributed by atoms with Crippen LogP contribution in [0, 0.1) is 0 Å². The topological polar surface area (TPSA) is 38.3 Å². The lowest BCUT2D eigenvalue weighted by atomic mass is 9.87. The molecule has 0 heterocycles. The van der Waals surface area contributed by atoms with E-state index in [1.807, 2.05) is 49.4 Å². The molecule has 2 aromatic carbocycles. The van der Waals surface area contributed by atoms with Crippen molar-refractivity contribution in [3.05, 3.63) is 60.2 Å². The van der Waals surface area contributed by atoms with Gasteiger partial charge in [0.1, 0.15) is 12.4 Å². The van der Waals surface area contributed by atoms with Crippen LogP contribution >= 0.6 is 11.8 Å². The molecule has 0 bridgehead atoms. The molecule has 0 radical (unpaired) electrons. The zero-order valence-corrected chi connectivity index (χ0v) is 16.2. The normalized spacial score (nSPS) is 12.5. The third-order valence-corrected chi connectivity index (χ3v) is 4.93. The van der Waals surface area contributed by atoms with Gasteiger partial charge < -0.3 is 10.1 Å². The Labute approximate surface area is 155 Å². The Kier molecular flexibility index (Phi) is 6.94. The smallest absolute Gasteiger partial charge is 0.233 e. The van der Waals surface area contributed by atoms with Gasteiger partial charge in [-0.25, -0.2) is 0 Å². The number of rotatable bonds is 7. The highest BCUT2D eigenvalue weighted by molar-refractivity contribution is 8.00. The van der Waals surface area contributed by atoms with Gasteiger partial charge in [-0.05, 0) is 42.2 Å². The second-order valence-corrected chi connectivity index (χ2v) is 8.40. The number of carbonyl (C=O) groups excluding carboxylic acids is 1. The van der Waals surface area contributed by atoms with Crippen molar-refractivity contribution in [2.45, 2.75) is 43.3 Å². The van der Waals surface area contributed by atoms with Crippen molar-refractivity contribution in [1.29, 1.82) is 0 Å². The van der Waals surface area contributed by atoms with Crippen LogP contribution in [0.25, 0.3) is 0 Å². The molecule has 0 aliphatic carbocycles. The molecule has 0 saturated carbocycles. The number of thioether (sulfide) groups is 1. The molecule has 0 fully saturated rings. The Morgan fingerprint density at radius 2 is 1.72 bits per heavy atom. The third kappa shape index (κ3) is 6.46. The standard InChI is InChI=1S/C21H27NO2S/c1-16(25-19-8-6-5-7-9-19)20(23)22-14-15-24-18-12-10-17(11-13-18)21(2,3)4/h5-13,16H,14-15H2,1-4H3,(H,22,23). The first kappa shape index (κ1) is 19.4. The fraction of sp³-hybridized carbons (Fsp3) is 0.381. The van der Waals surface area contributed by atoms with E-state index in [1.54, 1.807) is 11.8 Å². The van der Waals surface area contributed by atoms with Gasteiger partial charge in [0, 0.05) is 4.90 Å². The molecule has 1 amide bonds. The lowest BCUT2D eigenvalue weighted by Crippen LogP contribution is -2.33. The van der Waals surface area contributed by atoms with E-state index in [9.17, 15) is 4.79 Å². The first-order valence-electron chi connectivity index (χ1n) is 8.59. The molecule has 0 aliphatic heterocycles. The summed E-state index contributed by atoms with van der Waals surface area (Å²) in [6, 6.07) is 18.1. The molecule has 1 N–H and O–H groups in total. The summed E-state index contributed by atoms with van der Waals surface area (Å²) < 4.78 is 5.70. The highest BCUT2D eigenvalue weighted by Crippen LogP contribution is 2.24. The van der Waals surface area contributed by atoms with E-state index in [0.717, 1.165) is 10.6 Å². The summed E-state index contributed by atoms with van der Waals surface area (Å²) in [4.78, 5) is 13.2. The van der Waals surface area contributed by atoms with E-state index >= 15 is 0 Å². The highest BCUT2D eigenvalue weighted by Gasteiger charge is 2.14. The van der Waals surface area contributed by atoms with Crippen LogP contribution in [0.3, 0.4) is 0 Å². The van der Waals surface area contributed by atoms with Gasteiger partial charge in [-0.1, -0.05) is 51.1 Å². The van der Waals surface area contributed by atoms with E-state index in [2.05, 4.69) is 38.2 Å². The summed E-state index contributed by atoms with van der Waals surface area (Å²) in [6.45, 7) is 9.44. The summed E-state index contributed by atoms with van der Waals surface area (Å²) in [5.74, 6) is 0.856. The maximum Gasteiger partial charge on any atom is 0.233 e. The maximum absolute atomic E-state index is 12.1. The van der Waals surface area contributed by atoms with E-state index < -0.39 is 0 Å². The zero-order valence-electron chi connectivity index (χ0n) is 15.4. The van der Waals surface area contributed by atoms with Crippen molar-refractivity contribution in [2.75, 3.05) is 13.2 Å². The van der Waals surface area contributed by atoms with Gasteiger partial charge in [-0.15, -0.1) is 11.8 Å². The summed E-state index contributed by atoms with van der Waals surface area (Å²) in [5.41, 5.74) is 1.42. The van der Waals surface area contributed by atoms with Crippen LogP contribution in [0.4, 0.5) is 0 Å². The average molecular weight is 358 g/mol. The monoisotopic (exact) mass is 357 g/mol. The predicted molar refractivity (Wildman–Crippen MR) is 105 cm³/mol. The molecule has 0 saturated heterocycles. The minimum atomic E-state index is -0.131. The largest absolute Gasteiger partial charge is 0.492 e. The van der Waals surface area contributed by atoms with Crippen molar-refractivity contribution in [2.24, 2.45) is 0 Å². The Morgan fingerprint density at radius 3 is 2.32 bits per heavy atom. The lowest BCUT2D eigenvalue weighted by molar-refractivity contribution is -0.120. The lowest BCUT2D eigenvalue weighted by Gasteiger charge is -2.19. The molecule has 2 aromatic rings. The van der Waals surface area contributed by atoms with Crippen molar-refractivity contribution >= 4 is 17.7 Å². The summed E-state index contributed by atoms with van der Waals surface area (Å²) >= 11 is 1.56. The molecule has 0 aromatic heterocycles. The molecule has 0 aliphatic rings. The van der Waals surface area contributed by atoms with Gasteiger partial charge in [0.25, 0.3) is 0 Å². The number of ether oxygens (including phenoxy) is 1. The third-order valence-electron chi connectivity index (χ3n) is 3.82. The fourth-order valence-electron chi connectivity index (χ4n) is 2.29. The number of amides is 1. The molecule has 4 heteroatoms. The Bertz CT molecular complexity index is 663. The van der Waals surface area contributed by atoms with Gasteiger partial charge >= 0.3 is 0 Å².